The number of rotatable bonds is 5. The molecular formula is C11H23N3O3S. The summed E-state index contributed by atoms with van der Waals surface area (Å²) >= 11 is 0. The van der Waals surface area contributed by atoms with Crippen molar-refractivity contribution >= 4 is 15.9 Å². The van der Waals surface area contributed by atoms with E-state index in [9.17, 15) is 13.2 Å². The van der Waals surface area contributed by atoms with E-state index in [1.807, 2.05) is 6.92 Å². The van der Waals surface area contributed by atoms with Crippen LogP contribution in [0.15, 0.2) is 0 Å². The van der Waals surface area contributed by atoms with Gasteiger partial charge in [0.1, 0.15) is 0 Å². The number of carbonyl (C=O) groups excluding carboxylic acids is 1. The highest BCUT2D eigenvalue weighted by Crippen LogP contribution is 2.12. The van der Waals surface area contributed by atoms with Crippen LogP contribution in [-0.2, 0) is 14.8 Å². The molecule has 0 aromatic carbocycles. The Morgan fingerprint density at radius 3 is 2.39 bits per heavy atom. The molecule has 106 valence electrons. The third-order valence-corrected chi connectivity index (χ3v) is 4.67. The summed E-state index contributed by atoms with van der Waals surface area (Å²) in [6, 6.07) is 0.234. The number of amides is 1. The van der Waals surface area contributed by atoms with Gasteiger partial charge in [-0.05, 0) is 19.8 Å². The SMILES string of the molecule is CCN(C)C(=O)CNC1CCN(S(C)(=O)=O)CC1. The van der Waals surface area contributed by atoms with Crippen molar-refractivity contribution in [1.29, 1.82) is 0 Å². The van der Waals surface area contributed by atoms with Gasteiger partial charge in [0.05, 0.1) is 12.8 Å². The first-order chi connectivity index (χ1) is 8.34. The van der Waals surface area contributed by atoms with Crippen molar-refractivity contribution in [3.63, 3.8) is 0 Å². The molecule has 0 unspecified atom stereocenters. The number of hydrogen-bond acceptors (Lipinski definition) is 4. The van der Waals surface area contributed by atoms with E-state index in [1.54, 1.807) is 11.9 Å². The third-order valence-electron chi connectivity index (χ3n) is 3.37. The van der Waals surface area contributed by atoms with Crippen LogP contribution < -0.4 is 5.32 Å². The summed E-state index contributed by atoms with van der Waals surface area (Å²) in [5, 5.41) is 3.20. The zero-order chi connectivity index (χ0) is 13.8. The number of sulfonamides is 1. The number of likely N-dealkylation sites (N-methyl/N-ethyl adjacent to an activating group) is 1. The second-order valence-electron chi connectivity index (χ2n) is 4.73. The van der Waals surface area contributed by atoms with Crippen molar-refractivity contribution in [3.05, 3.63) is 0 Å². The van der Waals surface area contributed by atoms with E-state index >= 15 is 0 Å². The predicted molar refractivity (Wildman–Crippen MR) is 70.8 cm³/mol. The molecule has 0 saturated carbocycles. The van der Waals surface area contributed by atoms with E-state index in [1.165, 1.54) is 10.6 Å². The number of piperidine rings is 1. The molecule has 0 atom stereocenters. The zero-order valence-corrected chi connectivity index (χ0v) is 12.2. The molecule has 0 bridgehead atoms. The maximum absolute atomic E-state index is 11.6. The van der Waals surface area contributed by atoms with Crippen LogP contribution in [0.4, 0.5) is 0 Å². The Hall–Kier alpha value is -0.660. The second kappa shape index (κ2) is 6.49. The molecule has 1 fully saturated rings. The highest BCUT2D eigenvalue weighted by atomic mass is 32.2. The number of nitrogens with zero attached hydrogens (tertiary/aromatic N) is 2. The fourth-order valence-electron chi connectivity index (χ4n) is 1.93. The molecule has 1 N–H and O–H groups in total. The van der Waals surface area contributed by atoms with E-state index in [0.29, 0.717) is 26.2 Å². The van der Waals surface area contributed by atoms with Crippen molar-refractivity contribution < 1.29 is 13.2 Å². The summed E-state index contributed by atoms with van der Waals surface area (Å²) < 4.78 is 24.2. The van der Waals surface area contributed by atoms with Crippen molar-refractivity contribution in [1.82, 2.24) is 14.5 Å². The van der Waals surface area contributed by atoms with Gasteiger partial charge in [-0.25, -0.2) is 12.7 Å². The topological polar surface area (TPSA) is 69.7 Å². The van der Waals surface area contributed by atoms with Crippen LogP contribution in [0.2, 0.25) is 0 Å². The molecule has 18 heavy (non-hydrogen) atoms. The molecule has 7 heteroatoms. The minimum absolute atomic E-state index is 0.0723. The highest BCUT2D eigenvalue weighted by Gasteiger charge is 2.24. The van der Waals surface area contributed by atoms with Gasteiger partial charge >= 0.3 is 0 Å². The van der Waals surface area contributed by atoms with Gasteiger partial charge in [-0.1, -0.05) is 0 Å². The van der Waals surface area contributed by atoms with Gasteiger partial charge in [-0.2, -0.15) is 0 Å². The van der Waals surface area contributed by atoms with Gasteiger partial charge < -0.3 is 10.2 Å². The molecule has 6 nitrogen and oxygen atoms in total. The van der Waals surface area contributed by atoms with Gasteiger partial charge in [0.25, 0.3) is 0 Å². The first-order valence-corrected chi connectivity index (χ1v) is 8.12. The number of nitrogens with one attached hydrogen (secondary N) is 1. The standard InChI is InChI=1S/C11H23N3O3S/c1-4-13(2)11(15)9-12-10-5-7-14(8-6-10)18(3,16)17/h10,12H,4-9H2,1-3H3. The Balaban J connectivity index is 2.30. The lowest BCUT2D eigenvalue weighted by atomic mass is 10.1. The van der Waals surface area contributed by atoms with Gasteiger partial charge in [0, 0.05) is 32.7 Å². The largest absolute Gasteiger partial charge is 0.345 e. The Labute approximate surface area is 109 Å². The average Bonchev–Trinajstić information content (AvgIpc) is 2.34. The third kappa shape index (κ3) is 4.55. The Morgan fingerprint density at radius 1 is 1.39 bits per heavy atom. The maximum Gasteiger partial charge on any atom is 0.236 e. The van der Waals surface area contributed by atoms with Crippen LogP contribution in [-0.4, -0.2) is 69.1 Å². The fraction of sp³-hybridized carbons (Fsp3) is 0.909. The second-order valence-corrected chi connectivity index (χ2v) is 6.71. The smallest absolute Gasteiger partial charge is 0.236 e. The van der Waals surface area contributed by atoms with Gasteiger partial charge in [0.15, 0.2) is 0 Å². The minimum atomic E-state index is -3.07. The molecule has 1 aliphatic heterocycles. The lowest BCUT2D eigenvalue weighted by molar-refractivity contribution is -0.128. The number of carbonyl (C=O) groups is 1. The molecule has 1 rings (SSSR count). The Bertz CT molecular complexity index is 375. The van der Waals surface area contributed by atoms with Crippen LogP contribution in [0.25, 0.3) is 0 Å². The minimum Gasteiger partial charge on any atom is -0.345 e. The molecule has 0 radical (unpaired) electrons. The number of hydrogen-bond donors (Lipinski definition) is 1. The molecular weight excluding hydrogens is 254 g/mol. The van der Waals surface area contributed by atoms with Gasteiger partial charge in [-0.15, -0.1) is 0 Å². The monoisotopic (exact) mass is 277 g/mol. The van der Waals surface area contributed by atoms with Crippen molar-refractivity contribution in [2.75, 3.05) is 39.5 Å². The first-order valence-electron chi connectivity index (χ1n) is 6.27. The van der Waals surface area contributed by atoms with Crippen molar-refractivity contribution in [3.8, 4) is 0 Å². The molecule has 1 aliphatic rings. The summed E-state index contributed by atoms with van der Waals surface area (Å²) in [6.45, 7) is 4.03. The fourth-order valence-corrected chi connectivity index (χ4v) is 2.81. The molecule has 0 aromatic rings. The maximum atomic E-state index is 11.6. The lowest BCUT2D eigenvalue weighted by Gasteiger charge is -2.31. The quantitative estimate of drug-likeness (QED) is 0.734. The van der Waals surface area contributed by atoms with Crippen LogP contribution in [0.3, 0.4) is 0 Å². The first kappa shape index (κ1) is 15.4. The van der Waals surface area contributed by atoms with E-state index in [2.05, 4.69) is 5.32 Å². The molecule has 0 aliphatic carbocycles. The molecule has 1 saturated heterocycles. The van der Waals surface area contributed by atoms with Crippen LogP contribution in [0.5, 0.6) is 0 Å². The lowest BCUT2D eigenvalue weighted by Crippen LogP contribution is -2.47. The Kier molecular flexibility index (Phi) is 5.55. The van der Waals surface area contributed by atoms with Gasteiger partial charge in [-0.3, -0.25) is 4.79 Å². The summed E-state index contributed by atoms with van der Waals surface area (Å²) in [7, 11) is -1.29. The van der Waals surface area contributed by atoms with Crippen LogP contribution in [0.1, 0.15) is 19.8 Å². The highest BCUT2D eigenvalue weighted by molar-refractivity contribution is 7.88. The van der Waals surface area contributed by atoms with E-state index in [0.717, 1.165) is 12.8 Å². The summed E-state index contributed by atoms with van der Waals surface area (Å²) in [5.74, 6) is 0.0723. The van der Waals surface area contributed by atoms with Crippen molar-refractivity contribution in [2.45, 2.75) is 25.8 Å². The summed E-state index contributed by atoms with van der Waals surface area (Å²) in [6.07, 6.45) is 2.76. The van der Waals surface area contributed by atoms with E-state index in [4.69, 9.17) is 0 Å². The summed E-state index contributed by atoms with van der Waals surface area (Å²) in [4.78, 5) is 13.3. The van der Waals surface area contributed by atoms with E-state index in [-0.39, 0.29) is 11.9 Å². The molecule has 1 amide bonds. The predicted octanol–water partition coefficient (Wildman–Crippen LogP) is -0.522. The van der Waals surface area contributed by atoms with Gasteiger partial charge in [0.2, 0.25) is 15.9 Å². The molecule has 0 spiro atoms. The zero-order valence-electron chi connectivity index (χ0n) is 11.3. The molecule has 1 heterocycles. The normalized spacial score (nSPS) is 18.8. The van der Waals surface area contributed by atoms with Crippen LogP contribution >= 0.6 is 0 Å². The average molecular weight is 277 g/mol. The van der Waals surface area contributed by atoms with Crippen molar-refractivity contribution in [2.24, 2.45) is 0 Å². The Morgan fingerprint density at radius 2 is 1.94 bits per heavy atom. The molecule has 0 aromatic heterocycles. The summed E-state index contributed by atoms with van der Waals surface area (Å²) in [5.41, 5.74) is 0. The van der Waals surface area contributed by atoms with Crippen LogP contribution in [0, 0.1) is 0 Å². The van der Waals surface area contributed by atoms with E-state index < -0.39 is 10.0 Å².